The molecule has 0 saturated carbocycles. The fourth-order valence-corrected chi connectivity index (χ4v) is 3.78. The Balaban J connectivity index is 1.41. The molecule has 1 aromatic carbocycles. The van der Waals surface area contributed by atoms with Gasteiger partial charge < -0.3 is 9.47 Å². The number of fused-ring (bicyclic) bond motifs is 1. The molecular formula is C22H19N3O4S. The number of pyridine rings is 1. The summed E-state index contributed by atoms with van der Waals surface area (Å²) in [6.45, 7) is 1.84. The molecule has 3 aromatic heterocycles. The van der Waals surface area contributed by atoms with Gasteiger partial charge in [0, 0.05) is 23.2 Å². The van der Waals surface area contributed by atoms with Crippen molar-refractivity contribution in [3.05, 3.63) is 81.3 Å². The van der Waals surface area contributed by atoms with E-state index in [1.165, 1.54) is 21.8 Å². The molecule has 0 fully saturated rings. The molecule has 0 radical (unpaired) electrons. The topological polar surface area (TPSA) is 82.8 Å². The molecule has 0 aliphatic rings. The highest BCUT2D eigenvalue weighted by Gasteiger charge is 2.12. The minimum absolute atomic E-state index is 0.0478. The predicted octanol–water partition coefficient (Wildman–Crippen LogP) is 3.42. The Bertz CT molecular complexity index is 1280. The molecule has 0 bridgehead atoms. The molecular weight excluding hydrogens is 402 g/mol. The zero-order valence-electron chi connectivity index (χ0n) is 16.5. The van der Waals surface area contributed by atoms with Gasteiger partial charge in [-0.3, -0.25) is 14.0 Å². The molecule has 0 spiro atoms. The summed E-state index contributed by atoms with van der Waals surface area (Å²) in [5, 5.41) is 2.63. The SMILES string of the molecule is COc1cccc(-c2nc(CC(=O)OCc3cc(=O)n4cc(C)ccc4n3)cs2)c1. The fourth-order valence-electron chi connectivity index (χ4n) is 2.96. The Morgan fingerprint density at radius 3 is 2.83 bits per heavy atom. The Hall–Kier alpha value is -3.52. The van der Waals surface area contributed by atoms with Crippen molar-refractivity contribution in [2.24, 2.45) is 0 Å². The van der Waals surface area contributed by atoms with Crippen molar-refractivity contribution in [3.63, 3.8) is 0 Å². The third kappa shape index (κ3) is 4.38. The van der Waals surface area contributed by atoms with Gasteiger partial charge in [0.1, 0.15) is 23.0 Å². The summed E-state index contributed by atoms with van der Waals surface area (Å²) in [6, 6.07) is 12.6. The summed E-state index contributed by atoms with van der Waals surface area (Å²) in [5.41, 5.74) is 3.23. The van der Waals surface area contributed by atoms with Crippen LogP contribution in [0.2, 0.25) is 0 Å². The molecule has 8 heteroatoms. The van der Waals surface area contributed by atoms with Gasteiger partial charge in [0.25, 0.3) is 5.56 Å². The van der Waals surface area contributed by atoms with Crippen LogP contribution in [0.5, 0.6) is 5.75 Å². The summed E-state index contributed by atoms with van der Waals surface area (Å²) in [6.07, 6.45) is 1.77. The number of hydrogen-bond acceptors (Lipinski definition) is 7. The van der Waals surface area contributed by atoms with E-state index in [4.69, 9.17) is 9.47 Å². The fraction of sp³-hybridized carbons (Fsp3) is 0.182. The van der Waals surface area contributed by atoms with E-state index < -0.39 is 5.97 Å². The Morgan fingerprint density at radius 1 is 1.13 bits per heavy atom. The normalized spacial score (nSPS) is 10.9. The van der Waals surface area contributed by atoms with Gasteiger partial charge in [-0.05, 0) is 30.7 Å². The van der Waals surface area contributed by atoms with Gasteiger partial charge in [-0.25, -0.2) is 9.97 Å². The predicted molar refractivity (Wildman–Crippen MR) is 114 cm³/mol. The molecule has 0 unspecified atom stereocenters. The maximum absolute atomic E-state index is 12.2. The summed E-state index contributed by atoms with van der Waals surface area (Å²) in [7, 11) is 1.61. The lowest BCUT2D eigenvalue weighted by Crippen LogP contribution is -2.17. The van der Waals surface area contributed by atoms with Crippen molar-refractivity contribution >= 4 is 23.0 Å². The van der Waals surface area contributed by atoms with Gasteiger partial charge in [-0.15, -0.1) is 11.3 Å². The number of carbonyl (C=O) groups excluding carboxylic acids is 1. The smallest absolute Gasteiger partial charge is 0.312 e. The van der Waals surface area contributed by atoms with E-state index in [1.54, 1.807) is 19.4 Å². The first-order valence-electron chi connectivity index (χ1n) is 9.25. The number of hydrogen-bond donors (Lipinski definition) is 0. The largest absolute Gasteiger partial charge is 0.497 e. The van der Waals surface area contributed by atoms with Crippen molar-refractivity contribution in [2.45, 2.75) is 20.0 Å². The third-order valence-electron chi connectivity index (χ3n) is 4.44. The number of aryl methyl sites for hydroxylation is 1. The second-order valence-electron chi connectivity index (χ2n) is 6.73. The van der Waals surface area contributed by atoms with Crippen LogP contribution in [-0.2, 0) is 22.6 Å². The number of aromatic nitrogens is 3. The van der Waals surface area contributed by atoms with Crippen LogP contribution in [0.15, 0.2) is 58.8 Å². The summed E-state index contributed by atoms with van der Waals surface area (Å²) in [4.78, 5) is 33.4. The molecule has 0 atom stereocenters. The van der Waals surface area contributed by atoms with Gasteiger partial charge in [0.15, 0.2) is 0 Å². The Kier molecular flexibility index (Phi) is 5.58. The van der Waals surface area contributed by atoms with Crippen LogP contribution < -0.4 is 10.3 Å². The Labute approximate surface area is 176 Å². The molecule has 152 valence electrons. The molecule has 3 heterocycles. The van der Waals surface area contributed by atoms with Gasteiger partial charge in [-0.2, -0.15) is 0 Å². The van der Waals surface area contributed by atoms with Crippen LogP contribution in [0.1, 0.15) is 17.0 Å². The van der Waals surface area contributed by atoms with E-state index in [0.717, 1.165) is 21.9 Å². The first-order chi connectivity index (χ1) is 14.5. The lowest BCUT2D eigenvalue weighted by molar-refractivity contribution is -0.144. The van der Waals surface area contributed by atoms with E-state index in [2.05, 4.69) is 9.97 Å². The average Bonchev–Trinajstić information content (AvgIpc) is 3.21. The maximum atomic E-state index is 12.2. The number of rotatable bonds is 6. The number of carbonyl (C=O) groups is 1. The van der Waals surface area contributed by atoms with E-state index in [0.29, 0.717) is 17.0 Å². The van der Waals surface area contributed by atoms with Gasteiger partial charge >= 0.3 is 5.97 Å². The monoisotopic (exact) mass is 421 g/mol. The quantitative estimate of drug-likeness (QED) is 0.444. The van der Waals surface area contributed by atoms with Crippen LogP contribution >= 0.6 is 11.3 Å². The van der Waals surface area contributed by atoms with E-state index in [1.807, 2.05) is 42.6 Å². The van der Waals surface area contributed by atoms with Crippen molar-refractivity contribution in [3.8, 4) is 16.3 Å². The number of benzene rings is 1. The second-order valence-corrected chi connectivity index (χ2v) is 7.59. The summed E-state index contributed by atoms with van der Waals surface area (Å²) in [5.74, 6) is 0.320. The van der Waals surface area contributed by atoms with Crippen LogP contribution in [0.25, 0.3) is 16.2 Å². The minimum atomic E-state index is -0.427. The standard InChI is InChI=1S/C22H19N3O4S/c1-14-6-7-19-23-16(9-20(26)25(19)11-14)12-29-21(27)10-17-13-30-22(24-17)15-4-3-5-18(8-15)28-2/h3-9,11,13H,10,12H2,1-2H3. The highest BCUT2D eigenvalue weighted by atomic mass is 32.1. The number of ether oxygens (including phenoxy) is 2. The van der Waals surface area contributed by atoms with Crippen LogP contribution in [0, 0.1) is 6.92 Å². The summed E-state index contributed by atoms with van der Waals surface area (Å²) < 4.78 is 12.0. The molecule has 7 nitrogen and oxygen atoms in total. The van der Waals surface area contributed by atoms with Crippen molar-refractivity contribution in [1.29, 1.82) is 0 Å². The van der Waals surface area contributed by atoms with E-state index >= 15 is 0 Å². The lowest BCUT2D eigenvalue weighted by atomic mass is 10.2. The van der Waals surface area contributed by atoms with Crippen LogP contribution in [0.4, 0.5) is 0 Å². The number of methoxy groups -OCH3 is 1. The van der Waals surface area contributed by atoms with Crippen LogP contribution in [-0.4, -0.2) is 27.4 Å². The molecule has 0 aliphatic carbocycles. The van der Waals surface area contributed by atoms with Gasteiger partial charge in [0.05, 0.1) is 24.9 Å². The van der Waals surface area contributed by atoms with Crippen molar-refractivity contribution < 1.29 is 14.3 Å². The molecule has 0 aliphatic heterocycles. The Morgan fingerprint density at radius 2 is 2.00 bits per heavy atom. The number of nitrogens with zero attached hydrogens (tertiary/aromatic N) is 3. The molecule has 4 rings (SSSR count). The van der Waals surface area contributed by atoms with Crippen molar-refractivity contribution in [1.82, 2.24) is 14.4 Å². The molecule has 0 N–H and O–H groups in total. The summed E-state index contributed by atoms with van der Waals surface area (Å²) >= 11 is 1.45. The highest BCUT2D eigenvalue weighted by molar-refractivity contribution is 7.13. The van der Waals surface area contributed by atoms with E-state index in [-0.39, 0.29) is 18.6 Å². The first kappa shape index (κ1) is 19.8. The minimum Gasteiger partial charge on any atom is -0.497 e. The molecule has 0 amide bonds. The molecule has 4 aromatic rings. The van der Waals surface area contributed by atoms with Crippen molar-refractivity contribution in [2.75, 3.05) is 7.11 Å². The van der Waals surface area contributed by atoms with E-state index in [9.17, 15) is 9.59 Å². The second kappa shape index (κ2) is 8.46. The number of thiazole rings is 1. The first-order valence-corrected chi connectivity index (χ1v) is 10.1. The van der Waals surface area contributed by atoms with Gasteiger partial charge in [0.2, 0.25) is 0 Å². The zero-order valence-corrected chi connectivity index (χ0v) is 17.3. The highest BCUT2D eigenvalue weighted by Crippen LogP contribution is 2.27. The lowest BCUT2D eigenvalue weighted by Gasteiger charge is -2.06. The third-order valence-corrected chi connectivity index (χ3v) is 5.38. The average molecular weight is 421 g/mol. The molecule has 0 saturated heterocycles. The van der Waals surface area contributed by atoms with Crippen LogP contribution in [0.3, 0.4) is 0 Å². The van der Waals surface area contributed by atoms with Gasteiger partial charge in [-0.1, -0.05) is 18.2 Å². The maximum Gasteiger partial charge on any atom is 0.312 e. The zero-order chi connectivity index (χ0) is 21.1. The number of esters is 1. The molecule has 30 heavy (non-hydrogen) atoms.